The molecule has 0 radical (unpaired) electrons. The summed E-state index contributed by atoms with van der Waals surface area (Å²) < 4.78 is 0. The van der Waals surface area contributed by atoms with Crippen LogP contribution in [0.4, 0.5) is 5.69 Å². The van der Waals surface area contributed by atoms with Crippen LogP contribution in [-0.4, -0.2) is 11.7 Å². The molecule has 4 nitrogen and oxygen atoms in total. The third-order valence-electron chi connectivity index (χ3n) is 3.70. The van der Waals surface area contributed by atoms with Gasteiger partial charge in [-0.25, -0.2) is 0 Å². The van der Waals surface area contributed by atoms with Crippen molar-refractivity contribution in [2.24, 2.45) is 0 Å². The van der Waals surface area contributed by atoms with Gasteiger partial charge < -0.3 is 0 Å². The highest BCUT2D eigenvalue weighted by Gasteiger charge is 2.44. The molecule has 1 aliphatic heterocycles. The molecule has 2 aromatic carbocycles. The maximum atomic E-state index is 12.8. The Kier molecular flexibility index (Phi) is 2.79. The van der Waals surface area contributed by atoms with E-state index in [0.717, 1.165) is 0 Å². The van der Waals surface area contributed by atoms with Crippen LogP contribution >= 0.6 is 0 Å². The van der Waals surface area contributed by atoms with Crippen LogP contribution in [-0.2, 0) is 10.2 Å². The largest absolute Gasteiger partial charge is 0.299 e. The summed E-state index contributed by atoms with van der Waals surface area (Å²) >= 11 is 0. The molecule has 0 saturated carbocycles. The smallest absolute Gasteiger partial charge is 0.256 e. The average Bonchev–Trinajstić information content (AvgIpc) is 2.51. The number of hydrazine groups is 1. The van der Waals surface area contributed by atoms with E-state index in [9.17, 15) is 9.59 Å². The fourth-order valence-corrected chi connectivity index (χ4v) is 2.42. The van der Waals surface area contributed by atoms with E-state index in [1.807, 2.05) is 18.2 Å². The summed E-state index contributed by atoms with van der Waals surface area (Å²) in [4.78, 5) is 25.3. The number of carbonyl (C=O) groups excluding carboxylic acids is 2. The maximum Gasteiger partial charge on any atom is 0.256 e. The van der Waals surface area contributed by atoms with Crippen LogP contribution < -0.4 is 10.9 Å². The number of hydrogen-bond donors (Lipinski definition) is 2. The molecule has 20 heavy (non-hydrogen) atoms. The predicted octanol–water partition coefficient (Wildman–Crippen LogP) is 2.28. The topological polar surface area (TPSA) is 58.2 Å². The zero-order chi connectivity index (χ0) is 14.2. The Morgan fingerprint density at radius 3 is 2.40 bits per heavy atom. The van der Waals surface area contributed by atoms with E-state index >= 15 is 0 Å². The fourth-order valence-electron chi connectivity index (χ4n) is 2.42. The zero-order valence-corrected chi connectivity index (χ0v) is 11.0. The summed E-state index contributed by atoms with van der Waals surface area (Å²) in [6.07, 6.45) is 0. The van der Waals surface area contributed by atoms with E-state index in [-0.39, 0.29) is 11.7 Å². The van der Waals surface area contributed by atoms with Crippen LogP contribution in [0.2, 0.25) is 0 Å². The Labute approximate surface area is 116 Å². The molecule has 100 valence electrons. The van der Waals surface area contributed by atoms with Gasteiger partial charge in [0.1, 0.15) is 5.41 Å². The molecular formula is C16H14N2O2. The lowest BCUT2D eigenvalue weighted by molar-refractivity contribution is -0.124. The minimum absolute atomic E-state index is 0.204. The van der Waals surface area contributed by atoms with Gasteiger partial charge in [0.25, 0.3) is 5.91 Å². The number of nitrogens with one attached hydrogen (secondary N) is 2. The van der Waals surface area contributed by atoms with Gasteiger partial charge in [-0.15, -0.1) is 0 Å². The molecule has 2 aromatic rings. The van der Waals surface area contributed by atoms with Gasteiger partial charge in [-0.2, -0.15) is 0 Å². The van der Waals surface area contributed by atoms with Crippen molar-refractivity contribution in [3.8, 4) is 0 Å². The van der Waals surface area contributed by atoms with Crippen LogP contribution in [0.25, 0.3) is 0 Å². The standard InChI is InChI=1S/C16H14N2O2/c1-16(12-7-3-2-4-8-12)14(19)11-6-5-9-13(10-11)17-18-15(16)20/h2-10,17H,1H3,(H,18,20). The lowest BCUT2D eigenvalue weighted by Gasteiger charge is -2.29. The lowest BCUT2D eigenvalue weighted by Crippen LogP contribution is -2.50. The number of amides is 1. The Morgan fingerprint density at radius 2 is 1.65 bits per heavy atom. The number of hydrogen-bond acceptors (Lipinski definition) is 3. The summed E-state index contributed by atoms with van der Waals surface area (Å²) in [7, 11) is 0. The van der Waals surface area contributed by atoms with Gasteiger partial charge in [-0.05, 0) is 24.6 Å². The Bertz CT molecular complexity index is 682. The van der Waals surface area contributed by atoms with E-state index in [0.29, 0.717) is 16.8 Å². The second-order valence-electron chi connectivity index (χ2n) is 4.98. The Morgan fingerprint density at radius 1 is 0.900 bits per heavy atom. The first kappa shape index (κ1) is 12.4. The molecule has 1 unspecified atom stereocenters. The molecular weight excluding hydrogens is 252 g/mol. The maximum absolute atomic E-state index is 12.8. The number of anilines is 1. The van der Waals surface area contributed by atoms with Crippen molar-refractivity contribution >= 4 is 17.4 Å². The summed E-state index contributed by atoms with van der Waals surface area (Å²) in [6, 6.07) is 16.1. The zero-order valence-electron chi connectivity index (χ0n) is 11.0. The first-order valence-corrected chi connectivity index (χ1v) is 6.39. The number of Topliss-reactive ketones (excluding diaryl/α,β-unsaturated/α-hetero) is 1. The highest BCUT2D eigenvalue weighted by molar-refractivity contribution is 6.19. The van der Waals surface area contributed by atoms with Crippen LogP contribution in [0, 0.1) is 0 Å². The van der Waals surface area contributed by atoms with Gasteiger partial charge in [0.15, 0.2) is 5.78 Å². The van der Waals surface area contributed by atoms with Crippen molar-refractivity contribution in [1.29, 1.82) is 0 Å². The molecule has 1 atom stereocenters. The van der Waals surface area contributed by atoms with Gasteiger partial charge in [-0.3, -0.25) is 20.4 Å². The van der Waals surface area contributed by atoms with E-state index in [4.69, 9.17) is 0 Å². The number of rotatable bonds is 1. The van der Waals surface area contributed by atoms with Crippen LogP contribution in [0.15, 0.2) is 54.6 Å². The van der Waals surface area contributed by atoms with Crippen LogP contribution in [0.3, 0.4) is 0 Å². The first-order valence-electron chi connectivity index (χ1n) is 6.39. The Balaban J connectivity index is 2.19. The molecule has 0 aliphatic carbocycles. The van der Waals surface area contributed by atoms with E-state index < -0.39 is 5.41 Å². The van der Waals surface area contributed by atoms with Crippen molar-refractivity contribution in [3.05, 3.63) is 65.7 Å². The minimum Gasteiger partial charge on any atom is -0.299 e. The van der Waals surface area contributed by atoms with E-state index in [1.54, 1.807) is 43.3 Å². The van der Waals surface area contributed by atoms with E-state index in [2.05, 4.69) is 10.9 Å². The molecule has 1 amide bonds. The number of fused-ring (bicyclic) bond motifs is 2. The second-order valence-corrected chi connectivity index (χ2v) is 4.98. The monoisotopic (exact) mass is 266 g/mol. The van der Waals surface area contributed by atoms with Gasteiger partial charge in [0, 0.05) is 5.56 Å². The molecule has 2 N–H and O–H groups in total. The van der Waals surface area contributed by atoms with Crippen molar-refractivity contribution in [2.45, 2.75) is 12.3 Å². The molecule has 0 fully saturated rings. The molecule has 3 rings (SSSR count). The van der Waals surface area contributed by atoms with Gasteiger partial charge >= 0.3 is 0 Å². The fraction of sp³-hybridized carbons (Fsp3) is 0.125. The predicted molar refractivity (Wildman–Crippen MR) is 76.3 cm³/mol. The number of carbonyl (C=O) groups is 2. The molecule has 1 aliphatic rings. The highest BCUT2D eigenvalue weighted by Crippen LogP contribution is 2.30. The Hall–Kier alpha value is -2.62. The van der Waals surface area contributed by atoms with Gasteiger partial charge in [0.2, 0.25) is 0 Å². The van der Waals surface area contributed by atoms with E-state index in [1.165, 1.54) is 0 Å². The average molecular weight is 266 g/mol. The third-order valence-corrected chi connectivity index (χ3v) is 3.70. The van der Waals surface area contributed by atoms with Crippen molar-refractivity contribution < 1.29 is 9.59 Å². The molecule has 4 heteroatoms. The number of ketones is 1. The minimum atomic E-state index is -1.24. The van der Waals surface area contributed by atoms with Gasteiger partial charge in [0.05, 0.1) is 5.69 Å². The molecule has 0 spiro atoms. The normalized spacial score (nSPS) is 21.4. The molecule has 0 saturated heterocycles. The molecule has 1 heterocycles. The van der Waals surface area contributed by atoms with Crippen molar-refractivity contribution in [1.82, 2.24) is 5.43 Å². The van der Waals surface area contributed by atoms with Crippen molar-refractivity contribution in [3.63, 3.8) is 0 Å². The summed E-state index contributed by atoms with van der Waals surface area (Å²) in [5, 5.41) is 0. The molecule has 2 bridgehead atoms. The molecule has 0 aromatic heterocycles. The second kappa shape index (κ2) is 4.49. The highest BCUT2D eigenvalue weighted by atomic mass is 16.2. The number of benzene rings is 2. The first-order chi connectivity index (χ1) is 9.62. The van der Waals surface area contributed by atoms with Crippen molar-refractivity contribution in [2.75, 3.05) is 5.43 Å². The van der Waals surface area contributed by atoms with Crippen LogP contribution in [0.1, 0.15) is 22.8 Å². The van der Waals surface area contributed by atoms with Gasteiger partial charge in [-0.1, -0.05) is 42.5 Å². The summed E-state index contributed by atoms with van der Waals surface area (Å²) in [6.45, 7) is 1.65. The summed E-state index contributed by atoms with van der Waals surface area (Å²) in [5.74, 6) is -0.565. The lowest BCUT2D eigenvalue weighted by atomic mass is 9.75. The quantitative estimate of drug-likeness (QED) is 0.779. The third kappa shape index (κ3) is 1.77. The summed E-state index contributed by atoms with van der Waals surface area (Å²) in [5.41, 5.74) is 6.09. The SMILES string of the molecule is CC1(c2ccccc2)C(=O)NNc2cccc(c2)C1=O. The van der Waals surface area contributed by atoms with Crippen LogP contribution in [0.5, 0.6) is 0 Å².